The molecule has 4 aromatic rings. The quantitative estimate of drug-likeness (QED) is 0.0419. The molecule has 0 N–H and O–H groups in total. The zero-order chi connectivity index (χ0) is 32.0. The summed E-state index contributed by atoms with van der Waals surface area (Å²) in [5, 5.41) is 8.49. The van der Waals surface area contributed by atoms with E-state index in [9.17, 15) is 0 Å². The van der Waals surface area contributed by atoms with Crippen LogP contribution >= 0.6 is 0 Å². The average Bonchev–Trinajstić information content (AvgIpc) is 3.02. The number of unbranched alkanes of at least 4 members (excludes halogenated alkanes) is 14. The maximum Gasteiger partial charge on any atom is 0.0836 e. The van der Waals surface area contributed by atoms with Gasteiger partial charge in [0.05, 0.1) is 54.4 Å². The van der Waals surface area contributed by atoms with Crippen LogP contribution in [0.25, 0.3) is 32.3 Å². The van der Waals surface area contributed by atoms with Crippen LogP contribution in [-0.2, 0) is 6.42 Å². The summed E-state index contributed by atoms with van der Waals surface area (Å²) < 4.78 is 2.37. The molecule has 4 rings (SSSR count). The summed E-state index contributed by atoms with van der Waals surface area (Å²) in [6, 6.07) is 20.7. The van der Waals surface area contributed by atoms with Crippen LogP contribution in [0.15, 0.2) is 54.6 Å². The molecule has 45 heavy (non-hydrogen) atoms. The van der Waals surface area contributed by atoms with E-state index in [0.29, 0.717) is 0 Å². The molecule has 0 fully saturated rings. The number of hydrogen-bond acceptors (Lipinski definition) is 0. The fourth-order valence-corrected chi connectivity index (χ4v) is 7.75. The van der Waals surface area contributed by atoms with E-state index in [-0.39, 0.29) is 0 Å². The van der Waals surface area contributed by atoms with Crippen LogP contribution in [0.4, 0.5) is 0 Å². The van der Waals surface area contributed by atoms with Crippen LogP contribution in [0.3, 0.4) is 0 Å². The highest BCUT2D eigenvalue weighted by atomic mass is 15.3. The van der Waals surface area contributed by atoms with Crippen LogP contribution in [0.1, 0.15) is 122 Å². The van der Waals surface area contributed by atoms with Gasteiger partial charge in [0.15, 0.2) is 0 Å². The third-order valence-electron chi connectivity index (χ3n) is 10.7. The number of rotatable bonds is 24. The first-order valence-corrected chi connectivity index (χ1v) is 19.1. The normalized spacial score (nSPS) is 12.7. The molecule has 2 heteroatoms. The fourth-order valence-electron chi connectivity index (χ4n) is 7.75. The van der Waals surface area contributed by atoms with E-state index in [2.05, 4.69) is 89.7 Å². The van der Waals surface area contributed by atoms with E-state index in [0.717, 1.165) is 0 Å². The second-order valence-corrected chi connectivity index (χ2v) is 15.8. The highest BCUT2D eigenvalue weighted by Crippen LogP contribution is 2.36. The average molecular weight is 613 g/mol. The van der Waals surface area contributed by atoms with Gasteiger partial charge in [-0.3, -0.25) is 0 Å². The molecule has 4 aromatic carbocycles. The molecule has 0 bridgehead atoms. The lowest BCUT2D eigenvalue weighted by Crippen LogP contribution is -2.46. The van der Waals surface area contributed by atoms with Gasteiger partial charge in [-0.2, -0.15) is 0 Å². The maximum absolute atomic E-state index is 2.46. The second-order valence-electron chi connectivity index (χ2n) is 15.8. The van der Waals surface area contributed by atoms with Crippen LogP contribution in [0.5, 0.6) is 0 Å². The number of benzene rings is 4. The van der Waals surface area contributed by atoms with Gasteiger partial charge in [-0.1, -0.05) is 132 Å². The zero-order valence-electron chi connectivity index (χ0n) is 30.1. The van der Waals surface area contributed by atoms with E-state index in [1.807, 2.05) is 0 Å². The minimum absolute atomic E-state index is 1.17. The Labute approximate surface area is 277 Å². The Hall–Kier alpha value is -2.16. The van der Waals surface area contributed by atoms with Crippen molar-refractivity contribution in [3.05, 3.63) is 60.2 Å². The van der Waals surface area contributed by atoms with Crippen molar-refractivity contribution in [3.63, 3.8) is 0 Å². The predicted molar refractivity (Wildman–Crippen MR) is 202 cm³/mol. The topological polar surface area (TPSA) is 0 Å². The first-order valence-electron chi connectivity index (χ1n) is 19.1. The molecule has 2 nitrogen and oxygen atoms in total. The van der Waals surface area contributed by atoms with E-state index in [1.165, 1.54) is 189 Å². The monoisotopic (exact) mass is 613 g/mol. The summed E-state index contributed by atoms with van der Waals surface area (Å²) in [6.07, 6.45) is 25.1. The van der Waals surface area contributed by atoms with Crippen LogP contribution < -0.4 is 0 Å². The van der Waals surface area contributed by atoms with Crippen molar-refractivity contribution in [3.8, 4) is 0 Å². The Morgan fingerprint density at radius 2 is 0.822 bits per heavy atom. The predicted octanol–water partition coefficient (Wildman–Crippen LogP) is 11.9. The Morgan fingerprint density at radius 1 is 0.400 bits per heavy atom. The van der Waals surface area contributed by atoms with Crippen molar-refractivity contribution < 1.29 is 8.97 Å². The Bertz CT molecular complexity index is 1370. The molecule has 0 saturated heterocycles. The standard InChI is InChI=1S/C43H68N2/c1-6-7-8-9-10-11-12-13-14-15-17-20-33-44(2,3)35-23-36-45(4,5)34-21-18-16-19-24-37-27-28-40-30-29-38-25-22-26-39-31-32-41(37)43(40)42(38)39/h22,25-32H,6-21,23-24,33-36H2,1-5H3/q+2. The summed E-state index contributed by atoms with van der Waals surface area (Å²) in [6.45, 7) is 7.59. The summed E-state index contributed by atoms with van der Waals surface area (Å²) in [4.78, 5) is 0. The molecule has 248 valence electrons. The molecule has 0 aliphatic rings. The number of aryl methyl sites for hydroxylation is 1. The smallest absolute Gasteiger partial charge is 0.0836 e. The van der Waals surface area contributed by atoms with Crippen molar-refractivity contribution in [1.29, 1.82) is 0 Å². The Balaban J connectivity index is 1.05. The fraction of sp³-hybridized carbons (Fsp3) is 0.628. The van der Waals surface area contributed by atoms with Crippen LogP contribution in [-0.4, -0.2) is 63.3 Å². The van der Waals surface area contributed by atoms with Gasteiger partial charge >= 0.3 is 0 Å². The van der Waals surface area contributed by atoms with Gasteiger partial charge in [0.25, 0.3) is 0 Å². The number of nitrogens with zero attached hydrogens (tertiary/aromatic N) is 2. The second kappa shape index (κ2) is 18.2. The van der Waals surface area contributed by atoms with Crippen LogP contribution in [0, 0.1) is 0 Å². The van der Waals surface area contributed by atoms with Gasteiger partial charge < -0.3 is 8.97 Å². The molecule has 0 unspecified atom stereocenters. The minimum atomic E-state index is 1.17. The van der Waals surface area contributed by atoms with E-state index in [1.54, 1.807) is 0 Å². The van der Waals surface area contributed by atoms with E-state index >= 15 is 0 Å². The van der Waals surface area contributed by atoms with Gasteiger partial charge in [0.1, 0.15) is 0 Å². The van der Waals surface area contributed by atoms with Gasteiger partial charge in [-0.25, -0.2) is 0 Å². The van der Waals surface area contributed by atoms with Crippen molar-refractivity contribution in [1.82, 2.24) is 0 Å². The van der Waals surface area contributed by atoms with E-state index < -0.39 is 0 Å². The SMILES string of the molecule is CCCCCCCCCCCCCC[N+](C)(C)CCC[N+](C)(C)CCCCCCc1ccc2ccc3cccc4ccc1c2c34. The molecule has 0 atom stereocenters. The molecule has 0 radical (unpaired) electrons. The highest BCUT2D eigenvalue weighted by Gasteiger charge is 2.19. The Kier molecular flexibility index (Phi) is 14.5. The van der Waals surface area contributed by atoms with Gasteiger partial charge in [-0.05, 0) is 76.4 Å². The van der Waals surface area contributed by atoms with Crippen molar-refractivity contribution in [2.45, 2.75) is 122 Å². The molecule has 0 saturated carbocycles. The van der Waals surface area contributed by atoms with Crippen molar-refractivity contribution in [2.75, 3.05) is 54.4 Å². The molecule has 0 aliphatic carbocycles. The first kappa shape index (κ1) is 35.7. The third kappa shape index (κ3) is 11.5. The first-order chi connectivity index (χ1) is 21.8. The maximum atomic E-state index is 2.46. The zero-order valence-corrected chi connectivity index (χ0v) is 30.1. The molecule has 0 aliphatic heterocycles. The molecule has 0 spiro atoms. The minimum Gasteiger partial charge on any atom is -0.328 e. The lowest BCUT2D eigenvalue weighted by atomic mass is 9.90. The summed E-state index contributed by atoms with van der Waals surface area (Å²) in [5.41, 5.74) is 1.53. The molecular formula is C43H68N2+2. The van der Waals surface area contributed by atoms with E-state index in [4.69, 9.17) is 0 Å². The van der Waals surface area contributed by atoms with Gasteiger partial charge in [0.2, 0.25) is 0 Å². The van der Waals surface area contributed by atoms with Crippen LogP contribution in [0.2, 0.25) is 0 Å². The Morgan fingerprint density at radius 3 is 1.38 bits per heavy atom. The van der Waals surface area contributed by atoms with Crippen molar-refractivity contribution in [2.24, 2.45) is 0 Å². The third-order valence-corrected chi connectivity index (χ3v) is 10.7. The highest BCUT2D eigenvalue weighted by molar-refractivity contribution is 6.23. The lowest BCUT2D eigenvalue weighted by Gasteiger charge is -2.33. The number of quaternary nitrogens is 2. The summed E-state index contributed by atoms with van der Waals surface area (Å²) in [7, 11) is 9.82. The largest absolute Gasteiger partial charge is 0.328 e. The van der Waals surface area contributed by atoms with Gasteiger partial charge in [0, 0.05) is 6.42 Å². The molecule has 0 heterocycles. The summed E-state index contributed by atoms with van der Waals surface area (Å²) in [5.74, 6) is 0. The molecule has 0 amide bonds. The molecule has 0 aromatic heterocycles. The van der Waals surface area contributed by atoms with Gasteiger partial charge in [-0.15, -0.1) is 0 Å². The number of hydrogen-bond donors (Lipinski definition) is 0. The lowest BCUT2D eigenvalue weighted by molar-refractivity contribution is -0.909. The van der Waals surface area contributed by atoms with Crippen molar-refractivity contribution >= 4 is 32.3 Å². The molecular weight excluding hydrogens is 544 g/mol. The summed E-state index contributed by atoms with van der Waals surface area (Å²) >= 11 is 0.